The Morgan fingerprint density at radius 3 is 2.50 bits per heavy atom. The van der Waals surface area contributed by atoms with Crippen LogP contribution in [0.4, 0.5) is 5.82 Å². The van der Waals surface area contributed by atoms with E-state index in [1.54, 1.807) is 18.8 Å². The molecule has 0 aliphatic heterocycles. The molecular formula is C21H23ClN4O2. The second-order valence-corrected chi connectivity index (χ2v) is 7.05. The van der Waals surface area contributed by atoms with Crippen LogP contribution in [0.1, 0.15) is 5.56 Å². The topological polar surface area (TPSA) is 59.4 Å². The van der Waals surface area contributed by atoms with E-state index in [9.17, 15) is 4.79 Å². The molecule has 0 saturated carbocycles. The first-order valence-electron chi connectivity index (χ1n) is 8.86. The molecule has 1 amide bonds. The number of ether oxygens (including phenoxy) is 1. The predicted octanol–water partition coefficient (Wildman–Crippen LogP) is 3.82. The van der Waals surface area contributed by atoms with E-state index in [-0.39, 0.29) is 12.5 Å². The molecule has 0 bridgehead atoms. The smallest absolute Gasteiger partial charge is 0.239 e. The Kier molecular flexibility index (Phi) is 6.34. The Morgan fingerprint density at radius 1 is 1.18 bits per heavy atom. The molecule has 0 fully saturated rings. The number of anilines is 1. The van der Waals surface area contributed by atoms with Crippen molar-refractivity contribution in [1.82, 2.24) is 14.7 Å². The van der Waals surface area contributed by atoms with Crippen molar-refractivity contribution < 1.29 is 9.53 Å². The number of amides is 1. The summed E-state index contributed by atoms with van der Waals surface area (Å²) >= 11 is 5.93. The fraction of sp³-hybridized carbons (Fsp3) is 0.238. The van der Waals surface area contributed by atoms with Gasteiger partial charge in [0.2, 0.25) is 5.91 Å². The van der Waals surface area contributed by atoms with Gasteiger partial charge in [-0.2, -0.15) is 5.10 Å². The minimum absolute atomic E-state index is 0.0957. The summed E-state index contributed by atoms with van der Waals surface area (Å²) in [6.07, 6.45) is 0. The van der Waals surface area contributed by atoms with Crippen LogP contribution in [0.2, 0.25) is 5.02 Å². The average molecular weight is 399 g/mol. The number of carbonyl (C=O) groups excluding carboxylic acids is 1. The minimum atomic E-state index is -0.0957. The fourth-order valence-corrected chi connectivity index (χ4v) is 3.00. The second kappa shape index (κ2) is 8.91. The van der Waals surface area contributed by atoms with Gasteiger partial charge in [0, 0.05) is 30.2 Å². The number of halogens is 1. The molecule has 1 heterocycles. The number of carbonyl (C=O) groups is 1. The molecule has 2 aromatic carbocycles. The number of aryl methyl sites for hydroxylation is 1. The first-order chi connectivity index (χ1) is 13.4. The maximum atomic E-state index is 12.4. The van der Waals surface area contributed by atoms with Gasteiger partial charge in [-0.3, -0.25) is 14.4 Å². The normalized spacial score (nSPS) is 10.9. The third-order valence-electron chi connectivity index (χ3n) is 4.31. The van der Waals surface area contributed by atoms with Gasteiger partial charge in [-0.15, -0.1) is 0 Å². The number of aromatic nitrogens is 2. The first kappa shape index (κ1) is 19.9. The summed E-state index contributed by atoms with van der Waals surface area (Å²) in [6, 6.07) is 17.1. The lowest BCUT2D eigenvalue weighted by molar-refractivity contribution is -0.117. The van der Waals surface area contributed by atoms with E-state index in [0.29, 0.717) is 17.4 Å². The summed E-state index contributed by atoms with van der Waals surface area (Å²) in [6.45, 7) is 0.937. The zero-order valence-electron chi connectivity index (χ0n) is 16.1. The zero-order valence-corrected chi connectivity index (χ0v) is 16.9. The zero-order chi connectivity index (χ0) is 20.1. The van der Waals surface area contributed by atoms with Gasteiger partial charge in [0.05, 0.1) is 19.3 Å². The van der Waals surface area contributed by atoms with Crippen LogP contribution in [0, 0.1) is 0 Å². The lowest BCUT2D eigenvalue weighted by Crippen LogP contribution is -2.30. The van der Waals surface area contributed by atoms with Crippen LogP contribution in [0.3, 0.4) is 0 Å². The van der Waals surface area contributed by atoms with Crippen LogP contribution in [0.15, 0.2) is 54.6 Å². The van der Waals surface area contributed by atoms with Gasteiger partial charge in [-0.25, -0.2) is 0 Å². The van der Waals surface area contributed by atoms with Crippen LogP contribution >= 0.6 is 11.6 Å². The van der Waals surface area contributed by atoms with E-state index in [4.69, 9.17) is 16.3 Å². The third-order valence-corrected chi connectivity index (χ3v) is 4.56. The maximum Gasteiger partial charge on any atom is 0.239 e. The number of hydrogen-bond acceptors (Lipinski definition) is 4. The van der Waals surface area contributed by atoms with E-state index in [2.05, 4.69) is 10.4 Å². The number of benzene rings is 2. The highest BCUT2D eigenvalue weighted by Crippen LogP contribution is 2.23. The van der Waals surface area contributed by atoms with E-state index in [1.165, 1.54) is 0 Å². The minimum Gasteiger partial charge on any atom is -0.497 e. The van der Waals surface area contributed by atoms with Crippen molar-refractivity contribution in [2.24, 2.45) is 7.05 Å². The second-order valence-electron chi connectivity index (χ2n) is 6.61. The highest BCUT2D eigenvalue weighted by Gasteiger charge is 2.12. The molecule has 3 rings (SSSR count). The Morgan fingerprint density at radius 2 is 1.86 bits per heavy atom. The quantitative estimate of drug-likeness (QED) is 0.657. The number of likely N-dealkylation sites (N-methyl/N-ethyl adjacent to an activating group) is 1. The van der Waals surface area contributed by atoms with Crippen molar-refractivity contribution in [1.29, 1.82) is 0 Å². The summed E-state index contributed by atoms with van der Waals surface area (Å²) in [5.74, 6) is 1.37. The van der Waals surface area contributed by atoms with Crippen molar-refractivity contribution in [3.63, 3.8) is 0 Å². The Balaban J connectivity index is 1.58. The molecule has 0 aliphatic carbocycles. The van der Waals surface area contributed by atoms with Crippen LogP contribution < -0.4 is 10.1 Å². The largest absolute Gasteiger partial charge is 0.497 e. The van der Waals surface area contributed by atoms with Gasteiger partial charge in [0.1, 0.15) is 11.6 Å². The number of nitrogens with one attached hydrogen (secondary N) is 1. The molecule has 0 spiro atoms. The first-order valence-corrected chi connectivity index (χ1v) is 9.23. The summed E-state index contributed by atoms with van der Waals surface area (Å²) < 4.78 is 6.82. The molecule has 0 radical (unpaired) electrons. The van der Waals surface area contributed by atoms with Gasteiger partial charge in [0.25, 0.3) is 0 Å². The van der Waals surface area contributed by atoms with E-state index < -0.39 is 0 Å². The van der Waals surface area contributed by atoms with Gasteiger partial charge in [-0.05, 0) is 36.9 Å². The van der Waals surface area contributed by atoms with Crippen molar-refractivity contribution in [3.8, 4) is 17.0 Å². The molecule has 0 unspecified atom stereocenters. The summed E-state index contributed by atoms with van der Waals surface area (Å²) in [7, 11) is 5.35. The Labute approximate surface area is 169 Å². The highest BCUT2D eigenvalue weighted by atomic mass is 35.5. The van der Waals surface area contributed by atoms with Crippen LogP contribution in [0.5, 0.6) is 5.75 Å². The van der Waals surface area contributed by atoms with Gasteiger partial charge >= 0.3 is 0 Å². The van der Waals surface area contributed by atoms with Gasteiger partial charge in [0.15, 0.2) is 0 Å². The summed E-state index contributed by atoms with van der Waals surface area (Å²) in [5.41, 5.74) is 2.83. The molecule has 28 heavy (non-hydrogen) atoms. The highest BCUT2D eigenvalue weighted by molar-refractivity contribution is 6.30. The van der Waals surface area contributed by atoms with Crippen molar-refractivity contribution in [2.75, 3.05) is 26.0 Å². The SMILES string of the molecule is COc1ccc(CN(C)CC(=O)Nc2cc(-c3ccc(Cl)cc3)nn2C)cc1. The van der Waals surface area contributed by atoms with Crippen molar-refractivity contribution in [3.05, 3.63) is 65.2 Å². The predicted molar refractivity (Wildman–Crippen MR) is 112 cm³/mol. The van der Waals surface area contributed by atoms with Crippen LogP contribution in [0.25, 0.3) is 11.3 Å². The molecule has 3 aromatic rings. The molecule has 0 saturated heterocycles. The van der Waals surface area contributed by atoms with Crippen molar-refractivity contribution in [2.45, 2.75) is 6.54 Å². The van der Waals surface area contributed by atoms with E-state index in [1.807, 2.05) is 66.5 Å². The Hall–Kier alpha value is -2.83. The number of rotatable bonds is 7. The fourth-order valence-electron chi connectivity index (χ4n) is 2.87. The third kappa shape index (κ3) is 5.12. The standard InChI is InChI=1S/C21H23ClN4O2/c1-25(13-15-4-10-18(28-3)11-5-15)14-21(27)23-20-12-19(24-26(20)2)16-6-8-17(22)9-7-16/h4-12H,13-14H2,1-3H3,(H,23,27). The van der Waals surface area contributed by atoms with E-state index >= 15 is 0 Å². The summed E-state index contributed by atoms with van der Waals surface area (Å²) in [4.78, 5) is 14.4. The molecular weight excluding hydrogens is 376 g/mol. The molecule has 1 N–H and O–H groups in total. The Bertz CT molecular complexity index is 936. The number of nitrogens with zero attached hydrogens (tertiary/aromatic N) is 3. The molecule has 1 aromatic heterocycles. The number of hydrogen-bond donors (Lipinski definition) is 1. The number of methoxy groups -OCH3 is 1. The van der Waals surface area contributed by atoms with Gasteiger partial charge < -0.3 is 10.1 Å². The van der Waals surface area contributed by atoms with Crippen molar-refractivity contribution >= 4 is 23.3 Å². The van der Waals surface area contributed by atoms with Gasteiger partial charge in [-0.1, -0.05) is 35.9 Å². The van der Waals surface area contributed by atoms with Crippen LogP contribution in [-0.2, 0) is 18.4 Å². The maximum absolute atomic E-state index is 12.4. The lowest BCUT2D eigenvalue weighted by Gasteiger charge is -2.16. The average Bonchev–Trinajstić information content (AvgIpc) is 3.03. The summed E-state index contributed by atoms with van der Waals surface area (Å²) in [5, 5.41) is 8.05. The lowest BCUT2D eigenvalue weighted by atomic mass is 10.1. The molecule has 7 heteroatoms. The van der Waals surface area contributed by atoms with E-state index in [0.717, 1.165) is 22.6 Å². The molecule has 0 aliphatic rings. The molecule has 0 atom stereocenters. The monoisotopic (exact) mass is 398 g/mol. The molecule has 146 valence electrons. The molecule has 6 nitrogen and oxygen atoms in total. The van der Waals surface area contributed by atoms with Crippen LogP contribution in [-0.4, -0.2) is 41.3 Å².